The van der Waals surface area contributed by atoms with Gasteiger partial charge < -0.3 is 11.1 Å². The Morgan fingerprint density at radius 2 is 1.95 bits per heavy atom. The van der Waals surface area contributed by atoms with Crippen LogP contribution in [0.1, 0.15) is 15.5 Å². The van der Waals surface area contributed by atoms with Gasteiger partial charge in [0.2, 0.25) is 10.0 Å². The first kappa shape index (κ1) is 14.6. The highest BCUT2D eigenvalue weighted by molar-refractivity contribution is 7.89. The molecule has 0 bridgehead atoms. The van der Waals surface area contributed by atoms with E-state index in [1.165, 1.54) is 35.6 Å². The normalized spacial score (nSPS) is 11.3. The smallest absolute Gasteiger partial charge is 0.275 e. The standard InChI is InChI=1S/C11H12N4O3S2/c12-5-10-15-9(6-19-10)11(16)14-7-1-3-8(4-2-7)20(13,17)18/h1-4,6H,5,12H2,(H,14,16)(H2,13,17,18). The summed E-state index contributed by atoms with van der Waals surface area (Å²) < 4.78 is 22.2. The van der Waals surface area contributed by atoms with Gasteiger partial charge in [0.25, 0.3) is 5.91 Å². The van der Waals surface area contributed by atoms with Gasteiger partial charge in [-0.15, -0.1) is 11.3 Å². The highest BCUT2D eigenvalue weighted by atomic mass is 32.2. The Balaban J connectivity index is 2.12. The fourth-order valence-corrected chi connectivity index (χ4v) is 2.60. The number of thiazole rings is 1. The maximum absolute atomic E-state index is 11.9. The highest BCUT2D eigenvalue weighted by Gasteiger charge is 2.11. The first-order chi connectivity index (χ1) is 9.40. The molecule has 7 nitrogen and oxygen atoms in total. The fraction of sp³-hybridized carbons (Fsp3) is 0.0909. The van der Waals surface area contributed by atoms with Gasteiger partial charge in [-0.2, -0.15) is 0 Å². The molecule has 0 radical (unpaired) electrons. The second kappa shape index (κ2) is 5.67. The van der Waals surface area contributed by atoms with Crippen LogP contribution in [-0.2, 0) is 16.6 Å². The number of nitrogens with two attached hydrogens (primary N) is 2. The third kappa shape index (κ3) is 3.39. The number of carbonyl (C=O) groups is 1. The number of aromatic nitrogens is 1. The number of anilines is 1. The van der Waals surface area contributed by atoms with Gasteiger partial charge in [0.05, 0.1) is 4.90 Å². The molecule has 0 fully saturated rings. The van der Waals surface area contributed by atoms with Crippen LogP contribution < -0.4 is 16.2 Å². The van der Waals surface area contributed by atoms with E-state index in [0.717, 1.165) is 0 Å². The third-order valence-electron chi connectivity index (χ3n) is 2.40. The molecule has 0 saturated carbocycles. The van der Waals surface area contributed by atoms with E-state index in [2.05, 4.69) is 10.3 Å². The molecular weight excluding hydrogens is 300 g/mol. The number of primary sulfonamides is 1. The van der Waals surface area contributed by atoms with Crippen molar-refractivity contribution in [2.24, 2.45) is 10.9 Å². The molecule has 0 unspecified atom stereocenters. The average Bonchev–Trinajstić information content (AvgIpc) is 2.87. The molecular formula is C11H12N4O3S2. The van der Waals surface area contributed by atoms with Gasteiger partial charge in [-0.1, -0.05) is 0 Å². The Hall–Kier alpha value is -1.81. The average molecular weight is 312 g/mol. The van der Waals surface area contributed by atoms with Crippen LogP contribution in [0.4, 0.5) is 5.69 Å². The summed E-state index contributed by atoms with van der Waals surface area (Å²) in [6.07, 6.45) is 0. The third-order valence-corrected chi connectivity index (χ3v) is 4.20. The van der Waals surface area contributed by atoms with Crippen molar-refractivity contribution in [3.05, 3.63) is 40.3 Å². The maximum atomic E-state index is 11.9. The number of sulfonamides is 1. The van der Waals surface area contributed by atoms with Crippen molar-refractivity contribution in [3.63, 3.8) is 0 Å². The number of hydrogen-bond donors (Lipinski definition) is 3. The van der Waals surface area contributed by atoms with E-state index in [1.807, 2.05) is 0 Å². The van der Waals surface area contributed by atoms with Crippen LogP contribution in [0.5, 0.6) is 0 Å². The zero-order valence-corrected chi connectivity index (χ0v) is 11.9. The quantitative estimate of drug-likeness (QED) is 0.757. The van der Waals surface area contributed by atoms with Crippen molar-refractivity contribution in [2.45, 2.75) is 11.4 Å². The lowest BCUT2D eigenvalue weighted by Crippen LogP contribution is -2.14. The predicted octanol–water partition coefficient (Wildman–Crippen LogP) is 0.501. The van der Waals surface area contributed by atoms with Crippen LogP contribution in [0, 0.1) is 0 Å². The molecule has 1 aromatic heterocycles. The monoisotopic (exact) mass is 312 g/mol. The van der Waals surface area contributed by atoms with Crippen molar-refractivity contribution in [3.8, 4) is 0 Å². The summed E-state index contributed by atoms with van der Waals surface area (Å²) in [6.45, 7) is 0.279. The molecule has 0 spiro atoms. The second-order valence-electron chi connectivity index (χ2n) is 3.85. The molecule has 2 aromatic rings. The number of nitrogens with zero attached hydrogens (tertiary/aromatic N) is 1. The number of carbonyl (C=O) groups excluding carboxylic acids is 1. The van der Waals surface area contributed by atoms with Crippen molar-refractivity contribution in [1.82, 2.24) is 4.98 Å². The molecule has 106 valence electrons. The lowest BCUT2D eigenvalue weighted by molar-refractivity contribution is 0.102. The van der Waals surface area contributed by atoms with Crippen molar-refractivity contribution in [2.75, 3.05) is 5.32 Å². The number of amides is 1. The topological polar surface area (TPSA) is 128 Å². The largest absolute Gasteiger partial charge is 0.325 e. The second-order valence-corrected chi connectivity index (χ2v) is 6.36. The van der Waals surface area contributed by atoms with Crippen LogP contribution in [0.2, 0.25) is 0 Å². The minimum absolute atomic E-state index is 0.0189. The Morgan fingerprint density at radius 1 is 1.30 bits per heavy atom. The van der Waals surface area contributed by atoms with Crippen LogP contribution >= 0.6 is 11.3 Å². The van der Waals surface area contributed by atoms with Gasteiger partial charge >= 0.3 is 0 Å². The molecule has 1 amide bonds. The van der Waals surface area contributed by atoms with Crippen molar-refractivity contribution >= 4 is 33.0 Å². The zero-order valence-electron chi connectivity index (χ0n) is 10.2. The Bertz CT molecular complexity index is 722. The molecule has 0 aliphatic heterocycles. The Morgan fingerprint density at radius 3 is 2.45 bits per heavy atom. The number of benzene rings is 1. The summed E-state index contributed by atoms with van der Waals surface area (Å²) in [5, 5.41) is 9.86. The molecule has 0 atom stereocenters. The summed E-state index contributed by atoms with van der Waals surface area (Å²) in [7, 11) is -3.74. The van der Waals surface area contributed by atoms with Crippen LogP contribution in [0.15, 0.2) is 34.5 Å². The van der Waals surface area contributed by atoms with Gasteiger partial charge in [-0.3, -0.25) is 4.79 Å². The molecule has 1 aromatic carbocycles. The SMILES string of the molecule is NCc1nc(C(=O)Nc2ccc(S(N)(=O)=O)cc2)cs1. The molecule has 5 N–H and O–H groups in total. The Labute approximate surface area is 119 Å². The summed E-state index contributed by atoms with van der Waals surface area (Å²) in [5.74, 6) is -0.385. The minimum Gasteiger partial charge on any atom is -0.325 e. The van der Waals surface area contributed by atoms with Gasteiger partial charge in [0.1, 0.15) is 10.7 Å². The summed E-state index contributed by atoms with van der Waals surface area (Å²) >= 11 is 1.30. The number of rotatable bonds is 4. The molecule has 0 aliphatic rings. The lowest BCUT2D eigenvalue weighted by Gasteiger charge is -2.04. The first-order valence-electron chi connectivity index (χ1n) is 5.49. The van der Waals surface area contributed by atoms with Gasteiger partial charge in [0.15, 0.2) is 0 Å². The lowest BCUT2D eigenvalue weighted by atomic mass is 10.3. The fourth-order valence-electron chi connectivity index (χ4n) is 1.43. The molecule has 1 heterocycles. The van der Waals surface area contributed by atoms with Crippen LogP contribution in [-0.4, -0.2) is 19.3 Å². The highest BCUT2D eigenvalue weighted by Crippen LogP contribution is 2.15. The molecule has 2 rings (SSSR count). The van der Waals surface area contributed by atoms with E-state index in [-0.39, 0.29) is 23.0 Å². The van der Waals surface area contributed by atoms with E-state index in [9.17, 15) is 13.2 Å². The van der Waals surface area contributed by atoms with Crippen LogP contribution in [0.25, 0.3) is 0 Å². The molecule has 0 saturated heterocycles. The summed E-state index contributed by atoms with van der Waals surface area (Å²) in [4.78, 5) is 15.9. The van der Waals surface area contributed by atoms with Gasteiger partial charge in [-0.05, 0) is 24.3 Å². The van der Waals surface area contributed by atoms with E-state index >= 15 is 0 Å². The van der Waals surface area contributed by atoms with E-state index in [4.69, 9.17) is 10.9 Å². The van der Waals surface area contributed by atoms with Gasteiger partial charge in [-0.25, -0.2) is 18.5 Å². The minimum atomic E-state index is -3.74. The summed E-state index contributed by atoms with van der Waals surface area (Å²) in [6, 6.07) is 5.54. The van der Waals surface area contributed by atoms with Crippen molar-refractivity contribution < 1.29 is 13.2 Å². The molecule has 0 aliphatic carbocycles. The molecule has 9 heteroatoms. The number of hydrogen-bond acceptors (Lipinski definition) is 6. The zero-order chi connectivity index (χ0) is 14.8. The van der Waals surface area contributed by atoms with Crippen molar-refractivity contribution in [1.29, 1.82) is 0 Å². The maximum Gasteiger partial charge on any atom is 0.275 e. The summed E-state index contributed by atoms with van der Waals surface area (Å²) in [5.41, 5.74) is 6.14. The van der Waals surface area contributed by atoms with E-state index in [0.29, 0.717) is 10.7 Å². The van der Waals surface area contributed by atoms with E-state index in [1.54, 1.807) is 5.38 Å². The van der Waals surface area contributed by atoms with Gasteiger partial charge in [0, 0.05) is 17.6 Å². The number of nitrogens with one attached hydrogen (secondary N) is 1. The Kier molecular flexibility index (Phi) is 4.14. The van der Waals surface area contributed by atoms with Crippen LogP contribution in [0.3, 0.4) is 0 Å². The van der Waals surface area contributed by atoms with E-state index < -0.39 is 10.0 Å². The molecule has 20 heavy (non-hydrogen) atoms. The first-order valence-corrected chi connectivity index (χ1v) is 7.91. The predicted molar refractivity (Wildman–Crippen MR) is 75.8 cm³/mol.